The second-order valence-corrected chi connectivity index (χ2v) is 10.4. The number of ether oxygens (including phenoxy) is 1. The third-order valence-corrected chi connectivity index (χ3v) is 7.26. The molecule has 2 N–H and O–H groups in total. The zero-order valence-corrected chi connectivity index (χ0v) is 21.0. The highest BCUT2D eigenvalue weighted by molar-refractivity contribution is 6.05. The summed E-state index contributed by atoms with van der Waals surface area (Å²) < 4.78 is 5.29. The van der Waals surface area contributed by atoms with Gasteiger partial charge in [-0.1, -0.05) is 32.0 Å². The molecular weight excluding hydrogens is 452 g/mol. The van der Waals surface area contributed by atoms with Crippen molar-refractivity contribution in [3.05, 3.63) is 77.6 Å². The molecule has 7 heteroatoms. The van der Waals surface area contributed by atoms with Gasteiger partial charge in [-0.2, -0.15) is 0 Å². The number of nitrogens with zero attached hydrogens (tertiary/aromatic N) is 3. The predicted octanol–water partition coefficient (Wildman–Crippen LogP) is 4.13. The van der Waals surface area contributed by atoms with Gasteiger partial charge >= 0.3 is 0 Å². The fourth-order valence-corrected chi connectivity index (χ4v) is 5.31. The van der Waals surface area contributed by atoms with E-state index in [1.54, 1.807) is 30.3 Å². The Morgan fingerprint density at radius 3 is 2.69 bits per heavy atom. The minimum atomic E-state index is -0.374. The summed E-state index contributed by atoms with van der Waals surface area (Å²) in [6.45, 7) is 5.33. The number of aryl methyl sites for hydroxylation is 2. The number of carbonyl (C=O) groups is 2. The van der Waals surface area contributed by atoms with Crippen LogP contribution in [0.25, 0.3) is 0 Å². The van der Waals surface area contributed by atoms with E-state index in [1.807, 2.05) is 29.3 Å². The predicted molar refractivity (Wildman–Crippen MR) is 141 cm³/mol. The van der Waals surface area contributed by atoms with E-state index >= 15 is 0 Å². The van der Waals surface area contributed by atoms with Crippen molar-refractivity contribution >= 4 is 28.9 Å². The van der Waals surface area contributed by atoms with Gasteiger partial charge in [0.25, 0.3) is 0 Å². The standard InChI is InChI=1S/C29H32N4O3/c1-29(2)18-33(28(35)21-13-27(34)32(17-21)23-6-4-5-22(30)14-23)26-10-9-19(12-25(26)29)7-8-20-11-24(36-3)16-31-15-20/h4-6,9-12,14-16,21H,7-8,13,17-18,30H2,1-3H3. The monoisotopic (exact) mass is 484 g/mol. The highest BCUT2D eigenvalue weighted by Crippen LogP contribution is 2.42. The minimum absolute atomic E-state index is 0.0109. The Morgan fingerprint density at radius 1 is 1.11 bits per heavy atom. The SMILES string of the molecule is COc1cncc(CCc2ccc3c(c2)C(C)(C)CN3C(=O)C2CC(=O)N(c3cccc(N)c3)C2)c1. The van der Waals surface area contributed by atoms with Crippen LogP contribution < -0.4 is 20.3 Å². The topological polar surface area (TPSA) is 88.8 Å². The van der Waals surface area contributed by atoms with Gasteiger partial charge in [-0.3, -0.25) is 14.6 Å². The van der Waals surface area contributed by atoms with E-state index in [0.717, 1.165) is 35.5 Å². The Hall–Kier alpha value is -3.87. The van der Waals surface area contributed by atoms with Crippen LogP contribution in [0, 0.1) is 5.92 Å². The van der Waals surface area contributed by atoms with E-state index in [1.165, 1.54) is 11.1 Å². The zero-order valence-electron chi connectivity index (χ0n) is 21.0. The molecule has 0 saturated carbocycles. The Morgan fingerprint density at radius 2 is 1.92 bits per heavy atom. The van der Waals surface area contributed by atoms with Crippen LogP contribution in [0.15, 0.2) is 60.9 Å². The first kappa shape index (κ1) is 23.9. The summed E-state index contributed by atoms with van der Waals surface area (Å²) >= 11 is 0. The van der Waals surface area contributed by atoms with Crippen molar-refractivity contribution in [3.8, 4) is 5.75 Å². The summed E-state index contributed by atoms with van der Waals surface area (Å²) in [4.78, 5) is 34.2. The second kappa shape index (κ2) is 9.30. The lowest BCUT2D eigenvalue weighted by Crippen LogP contribution is -2.39. The first-order chi connectivity index (χ1) is 17.2. The average Bonchev–Trinajstić information content (AvgIpc) is 3.39. The van der Waals surface area contributed by atoms with Crippen LogP contribution in [-0.4, -0.2) is 37.0 Å². The lowest BCUT2D eigenvalue weighted by atomic mass is 9.85. The van der Waals surface area contributed by atoms with Gasteiger partial charge in [0.15, 0.2) is 0 Å². The first-order valence-electron chi connectivity index (χ1n) is 12.3. The molecule has 1 unspecified atom stereocenters. The number of methoxy groups -OCH3 is 1. The van der Waals surface area contributed by atoms with Gasteiger partial charge in [0, 0.05) is 48.2 Å². The smallest absolute Gasteiger partial charge is 0.232 e. The molecule has 2 amide bonds. The molecule has 1 saturated heterocycles. The third kappa shape index (κ3) is 4.53. The number of amides is 2. The molecule has 0 bridgehead atoms. The van der Waals surface area contributed by atoms with Crippen LogP contribution in [0.3, 0.4) is 0 Å². The Bertz CT molecular complexity index is 1320. The van der Waals surface area contributed by atoms with Gasteiger partial charge in [-0.15, -0.1) is 0 Å². The van der Waals surface area contributed by atoms with Crippen molar-refractivity contribution in [2.75, 3.05) is 35.7 Å². The van der Waals surface area contributed by atoms with E-state index in [0.29, 0.717) is 18.8 Å². The minimum Gasteiger partial charge on any atom is -0.495 e. The molecule has 0 aliphatic carbocycles. The molecule has 1 aromatic heterocycles. The van der Waals surface area contributed by atoms with Gasteiger partial charge in [0.1, 0.15) is 5.75 Å². The summed E-state index contributed by atoms with van der Waals surface area (Å²) in [6.07, 6.45) is 5.52. The number of aromatic nitrogens is 1. The molecule has 1 fully saturated rings. The average molecular weight is 485 g/mol. The lowest BCUT2D eigenvalue weighted by Gasteiger charge is -2.23. The Balaban J connectivity index is 1.32. The molecule has 186 valence electrons. The fraction of sp³-hybridized carbons (Fsp3) is 0.345. The molecular formula is C29H32N4O3. The summed E-state index contributed by atoms with van der Waals surface area (Å²) in [6, 6.07) is 15.7. The normalized spacial score (nSPS) is 18.4. The molecule has 36 heavy (non-hydrogen) atoms. The highest BCUT2D eigenvalue weighted by atomic mass is 16.5. The van der Waals surface area contributed by atoms with Crippen molar-refractivity contribution in [2.45, 2.75) is 38.5 Å². The van der Waals surface area contributed by atoms with Gasteiger partial charge in [0.2, 0.25) is 11.8 Å². The highest BCUT2D eigenvalue weighted by Gasteiger charge is 2.43. The molecule has 2 aromatic carbocycles. The largest absolute Gasteiger partial charge is 0.495 e. The maximum atomic E-state index is 13.6. The van der Waals surface area contributed by atoms with Crippen LogP contribution in [0.5, 0.6) is 5.75 Å². The van der Waals surface area contributed by atoms with Crippen molar-refractivity contribution in [1.29, 1.82) is 0 Å². The number of nitrogen functional groups attached to an aromatic ring is 1. The number of rotatable bonds is 6. The molecule has 0 spiro atoms. The quantitative estimate of drug-likeness (QED) is 0.532. The number of carbonyl (C=O) groups excluding carboxylic acids is 2. The maximum absolute atomic E-state index is 13.6. The fourth-order valence-electron chi connectivity index (χ4n) is 5.31. The van der Waals surface area contributed by atoms with Crippen molar-refractivity contribution in [1.82, 2.24) is 4.98 Å². The number of hydrogen-bond donors (Lipinski definition) is 1. The van der Waals surface area contributed by atoms with Gasteiger partial charge < -0.3 is 20.3 Å². The van der Waals surface area contributed by atoms with Crippen LogP contribution in [0.2, 0.25) is 0 Å². The van der Waals surface area contributed by atoms with Gasteiger partial charge in [-0.05, 0) is 59.9 Å². The number of anilines is 3. The van der Waals surface area contributed by atoms with E-state index in [4.69, 9.17) is 10.5 Å². The summed E-state index contributed by atoms with van der Waals surface area (Å²) in [5, 5.41) is 0. The molecule has 2 aliphatic heterocycles. The van der Waals surface area contributed by atoms with Gasteiger partial charge in [-0.25, -0.2) is 0 Å². The van der Waals surface area contributed by atoms with Crippen molar-refractivity contribution in [2.24, 2.45) is 5.92 Å². The van der Waals surface area contributed by atoms with Gasteiger partial charge in [0.05, 0.1) is 19.2 Å². The number of pyridine rings is 1. The first-order valence-corrected chi connectivity index (χ1v) is 12.3. The van der Waals surface area contributed by atoms with Crippen LogP contribution in [0.1, 0.15) is 37.0 Å². The van der Waals surface area contributed by atoms with Crippen molar-refractivity contribution in [3.63, 3.8) is 0 Å². The van der Waals surface area contributed by atoms with E-state index < -0.39 is 0 Å². The molecule has 3 aromatic rings. The summed E-state index contributed by atoms with van der Waals surface area (Å²) in [5.41, 5.74) is 11.6. The molecule has 0 radical (unpaired) electrons. The van der Waals surface area contributed by atoms with E-state index in [2.05, 4.69) is 37.0 Å². The van der Waals surface area contributed by atoms with Crippen LogP contribution in [0.4, 0.5) is 17.1 Å². The lowest BCUT2D eigenvalue weighted by molar-refractivity contribution is -0.124. The molecule has 5 rings (SSSR count). The van der Waals surface area contributed by atoms with Crippen LogP contribution >= 0.6 is 0 Å². The van der Waals surface area contributed by atoms with Crippen molar-refractivity contribution < 1.29 is 14.3 Å². The second-order valence-electron chi connectivity index (χ2n) is 10.4. The Labute approximate surface area is 211 Å². The number of nitrogens with two attached hydrogens (primary N) is 1. The third-order valence-electron chi connectivity index (χ3n) is 7.26. The zero-order chi connectivity index (χ0) is 25.4. The Kier molecular flexibility index (Phi) is 6.16. The molecule has 3 heterocycles. The number of hydrogen-bond acceptors (Lipinski definition) is 5. The summed E-state index contributed by atoms with van der Waals surface area (Å²) in [7, 11) is 1.65. The molecule has 1 atom stereocenters. The number of fused-ring (bicyclic) bond motifs is 1. The number of benzene rings is 2. The van der Waals surface area contributed by atoms with Crippen LogP contribution in [-0.2, 0) is 27.8 Å². The summed E-state index contributed by atoms with van der Waals surface area (Å²) in [5.74, 6) is 0.356. The van der Waals surface area contributed by atoms with E-state index in [9.17, 15) is 9.59 Å². The molecule has 2 aliphatic rings. The maximum Gasteiger partial charge on any atom is 0.232 e. The van der Waals surface area contributed by atoms with E-state index in [-0.39, 0.29) is 29.6 Å². The molecule has 7 nitrogen and oxygen atoms in total.